The minimum Gasteiger partial charge on any atom is -0.331 e. The number of aryl methyl sites for hydroxylation is 2. The molecule has 2 aliphatic rings. The van der Waals surface area contributed by atoms with Crippen molar-refractivity contribution in [2.75, 3.05) is 11.4 Å². The summed E-state index contributed by atoms with van der Waals surface area (Å²) >= 11 is 0. The zero-order chi connectivity index (χ0) is 14.4. The molecule has 0 radical (unpaired) electrons. The summed E-state index contributed by atoms with van der Waals surface area (Å²) in [6, 6.07) is 4.53. The van der Waals surface area contributed by atoms with E-state index in [1.54, 1.807) is 0 Å². The third-order valence-electron chi connectivity index (χ3n) is 5.06. The summed E-state index contributed by atoms with van der Waals surface area (Å²) in [6.07, 6.45) is 7.72. The highest BCUT2D eigenvalue weighted by atomic mass is 15.4. The van der Waals surface area contributed by atoms with Gasteiger partial charge in [-0.3, -0.25) is 4.98 Å². The Balaban J connectivity index is 1.71. The van der Waals surface area contributed by atoms with Crippen molar-refractivity contribution in [1.29, 1.82) is 0 Å². The van der Waals surface area contributed by atoms with Crippen molar-refractivity contribution in [2.45, 2.75) is 39.2 Å². The minimum atomic E-state index is 0.351. The van der Waals surface area contributed by atoms with E-state index in [0.29, 0.717) is 11.5 Å². The normalized spacial score (nSPS) is 22.8. The van der Waals surface area contributed by atoms with E-state index in [4.69, 9.17) is 0 Å². The summed E-state index contributed by atoms with van der Waals surface area (Å²) in [5.41, 5.74) is 3.53. The molecule has 0 bridgehead atoms. The first-order valence-electron chi connectivity index (χ1n) is 7.54. The zero-order valence-electron chi connectivity index (χ0n) is 12.5. The van der Waals surface area contributed by atoms with E-state index in [1.165, 1.54) is 24.8 Å². The Morgan fingerprint density at radius 1 is 1.19 bits per heavy atom. The largest absolute Gasteiger partial charge is 0.331 e. The molecular weight excluding hydrogens is 262 g/mol. The average Bonchev–Trinajstić information content (AvgIpc) is 2.41. The number of hydrogen-bond donors (Lipinski definition) is 0. The molecule has 4 rings (SSSR count). The van der Waals surface area contributed by atoms with E-state index in [0.717, 1.165) is 23.9 Å². The van der Waals surface area contributed by atoms with Crippen molar-refractivity contribution in [3.05, 3.63) is 41.5 Å². The molecule has 5 nitrogen and oxygen atoms in total. The van der Waals surface area contributed by atoms with Crippen LogP contribution in [0.15, 0.2) is 24.5 Å². The van der Waals surface area contributed by atoms with Gasteiger partial charge in [-0.2, -0.15) is 5.10 Å². The van der Waals surface area contributed by atoms with E-state index in [2.05, 4.69) is 31.1 Å². The highest BCUT2D eigenvalue weighted by Gasteiger charge is 2.57. The molecule has 5 heteroatoms. The van der Waals surface area contributed by atoms with Gasteiger partial charge in [0.2, 0.25) is 5.95 Å². The second kappa shape index (κ2) is 4.48. The molecule has 0 aromatic carbocycles. The maximum atomic E-state index is 4.63. The lowest BCUT2D eigenvalue weighted by Gasteiger charge is -2.62. The van der Waals surface area contributed by atoms with Crippen LogP contribution in [0.4, 0.5) is 5.95 Å². The third kappa shape index (κ3) is 1.83. The molecule has 3 heterocycles. The zero-order valence-corrected chi connectivity index (χ0v) is 12.5. The molecule has 21 heavy (non-hydrogen) atoms. The summed E-state index contributed by atoms with van der Waals surface area (Å²) in [5.74, 6) is 0.754. The molecule has 1 saturated carbocycles. The van der Waals surface area contributed by atoms with Gasteiger partial charge in [0.05, 0.1) is 17.4 Å². The smallest absolute Gasteiger partial charge is 0.246 e. The summed E-state index contributed by atoms with van der Waals surface area (Å²) < 4.78 is 0. The highest BCUT2D eigenvalue weighted by molar-refractivity contribution is 5.45. The van der Waals surface area contributed by atoms with Gasteiger partial charge in [0.15, 0.2) is 0 Å². The van der Waals surface area contributed by atoms with Gasteiger partial charge in [0.1, 0.15) is 0 Å². The molecule has 0 amide bonds. The molecule has 1 saturated heterocycles. The van der Waals surface area contributed by atoms with E-state index in [9.17, 15) is 0 Å². The fraction of sp³-hybridized carbons (Fsp3) is 0.500. The van der Waals surface area contributed by atoms with Gasteiger partial charge in [-0.25, -0.2) is 4.98 Å². The SMILES string of the molecule is Cc1nnc(N2CC3(CCC3)C2c2cccnc2)nc1C. The van der Waals surface area contributed by atoms with Crippen LogP contribution in [0.25, 0.3) is 0 Å². The molecule has 108 valence electrons. The first-order chi connectivity index (χ1) is 10.2. The lowest BCUT2D eigenvalue weighted by molar-refractivity contribution is 0.0264. The molecule has 2 fully saturated rings. The monoisotopic (exact) mass is 281 g/mol. The van der Waals surface area contributed by atoms with E-state index >= 15 is 0 Å². The van der Waals surface area contributed by atoms with E-state index < -0.39 is 0 Å². The first-order valence-corrected chi connectivity index (χ1v) is 7.54. The number of nitrogens with zero attached hydrogens (tertiary/aromatic N) is 5. The third-order valence-corrected chi connectivity index (χ3v) is 5.06. The second-order valence-corrected chi connectivity index (χ2v) is 6.32. The molecule has 2 aromatic heterocycles. The van der Waals surface area contributed by atoms with E-state index in [-0.39, 0.29) is 0 Å². The summed E-state index contributed by atoms with van der Waals surface area (Å²) in [5, 5.41) is 8.54. The predicted molar refractivity (Wildman–Crippen MR) is 79.9 cm³/mol. The Bertz CT molecular complexity index is 666. The van der Waals surface area contributed by atoms with E-state index in [1.807, 2.05) is 32.3 Å². The van der Waals surface area contributed by atoms with Crippen LogP contribution in [0.1, 0.15) is 42.3 Å². The maximum absolute atomic E-state index is 4.63. The summed E-state index contributed by atoms with van der Waals surface area (Å²) in [6.45, 7) is 4.98. The second-order valence-electron chi connectivity index (χ2n) is 6.32. The summed E-state index contributed by atoms with van der Waals surface area (Å²) in [4.78, 5) is 11.2. The number of aromatic nitrogens is 4. The Kier molecular flexibility index (Phi) is 2.71. The number of pyridine rings is 1. The van der Waals surface area contributed by atoms with Crippen LogP contribution in [0.3, 0.4) is 0 Å². The topological polar surface area (TPSA) is 54.8 Å². The molecule has 1 aliphatic carbocycles. The Hall–Kier alpha value is -2.04. The van der Waals surface area contributed by atoms with Gasteiger partial charge in [0.25, 0.3) is 0 Å². The van der Waals surface area contributed by atoms with Crippen molar-refractivity contribution in [1.82, 2.24) is 20.2 Å². The van der Waals surface area contributed by atoms with Gasteiger partial charge in [-0.15, -0.1) is 5.10 Å². The number of anilines is 1. The fourth-order valence-electron chi connectivity index (χ4n) is 3.62. The first kappa shape index (κ1) is 12.7. The molecular formula is C16H19N5. The molecule has 2 aromatic rings. The van der Waals surface area contributed by atoms with Crippen molar-refractivity contribution in [2.24, 2.45) is 5.41 Å². The predicted octanol–water partition coefficient (Wildman–Crippen LogP) is 2.62. The molecule has 1 atom stereocenters. The van der Waals surface area contributed by atoms with Gasteiger partial charge in [0, 0.05) is 24.4 Å². The number of hydrogen-bond acceptors (Lipinski definition) is 5. The van der Waals surface area contributed by atoms with Crippen LogP contribution in [-0.2, 0) is 0 Å². The van der Waals surface area contributed by atoms with Crippen LogP contribution < -0.4 is 4.90 Å². The van der Waals surface area contributed by atoms with Crippen LogP contribution in [0.5, 0.6) is 0 Å². The molecule has 1 aliphatic heterocycles. The average molecular weight is 281 g/mol. The van der Waals surface area contributed by atoms with Crippen LogP contribution in [0.2, 0.25) is 0 Å². The maximum Gasteiger partial charge on any atom is 0.246 e. The molecule has 1 spiro atoms. The van der Waals surface area contributed by atoms with Crippen molar-refractivity contribution >= 4 is 5.95 Å². The van der Waals surface area contributed by atoms with Gasteiger partial charge in [-0.05, 0) is 38.3 Å². The number of rotatable bonds is 2. The van der Waals surface area contributed by atoms with Crippen molar-refractivity contribution in [3.8, 4) is 0 Å². The highest BCUT2D eigenvalue weighted by Crippen LogP contribution is 2.60. The standard InChI is InChI=1S/C16H19N5/c1-11-12(2)19-20-15(18-11)21-10-16(6-4-7-16)14(21)13-5-3-8-17-9-13/h3,5,8-9,14H,4,6-7,10H2,1-2H3. The van der Waals surface area contributed by atoms with Crippen LogP contribution in [-0.4, -0.2) is 26.7 Å². The Morgan fingerprint density at radius 3 is 2.67 bits per heavy atom. The van der Waals surface area contributed by atoms with Crippen molar-refractivity contribution < 1.29 is 0 Å². The fourth-order valence-corrected chi connectivity index (χ4v) is 3.62. The Labute approximate surface area is 124 Å². The molecule has 1 unspecified atom stereocenters. The Morgan fingerprint density at radius 2 is 2.05 bits per heavy atom. The van der Waals surface area contributed by atoms with Gasteiger partial charge >= 0.3 is 0 Å². The quantitative estimate of drug-likeness (QED) is 0.847. The minimum absolute atomic E-state index is 0.351. The van der Waals surface area contributed by atoms with Gasteiger partial charge in [-0.1, -0.05) is 12.5 Å². The molecule has 0 N–H and O–H groups in total. The summed E-state index contributed by atoms with van der Waals surface area (Å²) in [7, 11) is 0. The van der Waals surface area contributed by atoms with Crippen LogP contribution >= 0.6 is 0 Å². The van der Waals surface area contributed by atoms with Crippen molar-refractivity contribution in [3.63, 3.8) is 0 Å². The van der Waals surface area contributed by atoms with Gasteiger partial charge < -0.3 is 4.90 Å². The lowest BCUT2D eigenvalue weighted by Crippen LogP contribution is -2.62. The van der Waals surface area contributed by atoms with Crippen LogP contribution in [0, 0.1) is 19.3 Å². The lowest BCUT2D eigenvalue weighted by atomic mass is 9.57.